The monoisotopic (exact) mass is 507 g/mol. The van der Waals surface area contributed by atoms with E-state index in [2.05, 4.69) is 21.1 Å². The Labute approximate surface area is 208 Å². The summed E-state index contributed by atoms with van der Waals surface area (Å²) in [6, 6.07) is 6.21. The first-order chi connectivity index (χ1) is 17.2. The molecule has 196 valence electrons. The smallest absolute Gasteiger partial charge is 0.406 e. The molecule has 2 amide bonds. The molecule has 3 unspecified atom stereocenters. The number of alkyl halides is 3. The third-order valence-corrected chi connectivity index (χ3v) is 7.96. The molecule has 8 nitrogen and oxygen atoms in total. The summed E-state index contributed by atoms with van der Waals surface area (Å²) in [5.41, 5.74) is 9.85. The fourth-order valence-corrected chi connectivity index (χ4v) is 6.05. The Morgan fingerprint density at radius 1 is 0.972 bits per heavy atom. The van der Waals surface area contributed by atoms with Crippen LogP contribution in [0.3, 0.4) is 0 Å². The van der Waals surface area contributed by atoms with E-state index in [4.69, 9.17) is 0 Å². The van der Waals surface area contributed by atoms with Gasteiger partial charge in [-0.05, 0) is 67.7 Å². The maximum Gasteiger partial charge on any atom is 0.573 e. The minimum Gasteiger partial charge on any atom is -0.406 e. The summed E-state index contributed by atoms with van der Waals surface area (Å²) in [5, 5.41) is 0. The molecule has 3 aliphatic heterocycles. The van der Waals surface area contributed by atoms with Gasteiger partial charge in [-0.1, -0.05) is 12.1 Å². The van der Waals surface area contributed by atoms with Gasteiger partial charge in [0, 0.05) is 50.3 Å². The van der Waals surface area contributed by atoms with Crippen LogP contribution in [0.2, 0.25) is 0 Å². The number of ether oxygens (including phenoxy) is 1. The fourth-order valence-electron chi connectivity index (χ4n) is 6.05. The highest BCUT2D eigenvalue weighted by Crippen LogP contribution is 2.35. The normalized spacial score (nSPS) is 30.7. The van der Waals surface area contributed by atoms with Crippen LogP contribution in [0.15, 0.2) is 30.3 Å². The molecule has 0 aromatic heterocycles. The molecular weight excluding hydrogens is 475 g/mol. The molecule has 5 atom stereocenters. The summed E-state index contributed by atoms with van der Waals surface area (Å²) < 4.78 is 41.3. The van der Waals surface area contributed by atoms with Crippen LogP contribution in [0.1, 0.15) is 37.7 Å². The molecule has 1 aliphatic carbocycles. The summed E-state index contributed by atoms with van der Waals surface area (Å²) in [6.07, 6.45) is 2.56. The largest absolute Gasteiger partial charge is 0.573 e. The van der Waals surface area contributed by atoms with Crippen molar-refractivity contribution in [3.63, 3.8) is 0 Å². The van der Waals surface area contributed by atoms with Crippen LogP contribution in [-0.4, -0.2) is 66.2 Å². The molecule has 11 heteroatoms. The minimum absolute atomic E-state index is 0.0611. The Bertz CT molecular complexity index is 987. The van der Waals surface area contributed by atoms with Gasteiger partial charge < -0.3 is 14.5 Å². The Kier molecular flexibility index (Phi) is 7.23. The molecule has 3 N–H and O–H groups in total. The predicted octanol–water partition coefficient (Wildman–Crippen LogP) is 2.45. The maximum absolute atomic E-state index is 13.2. The second-order valence-electron chi connectivity index (χ2n) is 10.3. The van der Waals surface area contributed by atoms with E-state index in [9.17, 15) is 22.8 Å². The van der Waals surface area contributed by atoms with Crippen LogP contribution < -0.4 is 21.1 Å². The van der Waals surface area contributed by atoms with E-state index in [1.54, 1.807) is 11.0 Å². The quantitative estimate of drug-likeness (QED) is 0.543. The number of hydrogen-bond acceptors (Lipinski definition) is 6. The van der Waals surface area contributed by atoms with Crippen molar-refractivity contribution in [3.8, 4) is 5.75 Å². The number of hydrazine groups is 2. The third kappa shape index (κ3) is 5.84. The van der Waals surface area contributed by atoms with Crippen LogP contribution in [0.5, 0.6) is 5.75 Å². The van der Waals surface area contributed by atoms with E-state index < -0.39 is 6.36 Å². The van der Waals surface area contributed by atoms with E-state index in [-0.39, 0.29) is 29.5 Å². The lowest BCUT2D eigenvalue weighted by Crippen LogP contribution is -2.45. The van der Waals surface area contributed by atoms with E-state index >= 15 is 0 Å². The molecule has 1 aromatic rings. The fraction of sp³-hybridized carbons (Fsp3) is 0.600. The average molecular weight is 508 g/mol. The van der Waals surface area contributed by atoms with Crippen LogP contribution in [-0.2, 0) is 9.59 Å². The number of carbonyl (C=O) groups excluding carboxylic acids is 2. The van der Waals surface area contributed by atoms with Gasteiger partial charge in [0.2, 0.25) is 11.8 Å². The van der Waals surface area contributed by atoms with Gasteiger partial charge >= 0.3 is 6.36 Å². The maximum atomic E-state index is 13.2. The first-order valence-corrected chi connectivity index (χ1v) is 12.6. The lowest BCUT2D eigenvalue weighted by atomic mass is 9.82. The average Bonchev–Trinajstić information content (AvgIpc) is 3.43. The first kappa shape index (κ1) is 25.0. The number of carbonyl (C=O) groups is 2. The van der Waals surface area contributed by atoms with Gasteiger partial charge in [0.15, 0.2) is 0 Å². The molecule has 3 heterocycles. The van der Waals surface area contributed by atoms with Crippen molar-refractivity contribution < 1.29 is 27.5 Å². The summed E-state index contributed by atoms with van der Waals surface area (Å²) in [5.74, 6) is 0.619. The Balaban J connectivity index is 1.12. The molecule has 0 bridgehead atoms. The van der Waals surface area contributed by atoms with Crippen molar-refractivity contribution in [1.82, 2.24) is 26.2 Å². The van der Waals surface area contributed by atoms with E-state index in [0.29, 0.717) is 36.5 Å². The zero-order chi connectivity index (χ0) is 25.3. The van der Waals surface area contributed by atoms with Gasteiger partial charge in [-0.2, -0.15) is 5.53 Å². The molecule has 0 radical (unpaired) electrons. The first-order valence-electron chi connectivity index (χ1n) is 12.6. The van der Waals surface area contributed by atoms with E-state index in [1.807, 2.05) is 4.90 Å². The Morgan fingerprint density at radius 3 is 2.42 bits per heavy atom. The molecule has 4 fully saturated rings. The molecule has 1 saturated carbocycles. The number of fused-ring (bicyclic) bond motifs is 2. The zero-order valence-electron chi connectivity index (χ0n) is 20.0. The molecule has 4 aliphatic rings. The Morgan fingerprint density at radius 2 is 1.69 bits per heavy atom. The number of rotatable bonds is 4. The number of nitrogens with one attached hydrogen (secondary N) is 3. The molecule has 1 aromatic carbocycles. The van der Waals surface area contributed by atoms with E-state index in [1.165, 1.54) is 30.4 Å². The Hall–Kier alpha value is -2.63. The van der Waals surface area contributed by atoms with Crippen molar-refractivity contribution in [3.05, 3.63) is 35.9 Å². The summed E-state index contributed by atoms with van der Waals surface area (Å²) >= 11 is 0. The summed E-state index contributed by atoms with van der Waals surface area (Å²) in [4.78, 5) is 29.8. The van der Waals surface area contributed by atoms with Gasteiger partial charge in [-0.3, -0.25) is 9.59 Å². The van der Waals surface area contributed by atoms with Crippen LogP contribution in [0.4, 0.5) is 13.2 Å². The number of amides is 2. The zero-order valence-corrected chi connectivity index (χ0v) is 20.0. The van der Waals surface area contributed by atoms with Crippen molar-refractivity contribution in [2.45, 2.75) is 50.6 Å². The topological polar surface area (TPSA) is 85.9 Å². The highest BCUT2D eigenvalue weighted by Gasteiger charge is 2.42. The standard InChI is InChI=1S/C25H32F3N5O3/c26-25(27,28)36-20-3-1-2-16(12-20)4-7-23(34)32-10-8-18-14-33(15-19(18)9-11-32)24(35)17-5-6-21-22(13-17)30-31-29-21/h1-4,7,12,17-19,21-22,29-31H,5-6,8-11,13-15H2/b7-4+/t17?,18-,19+,21?,22?. The lowest BCUT2D eigenvalue weighted by molar-refractivity contribution is -0.274. The van der Waals surface area contributed by atoms with Crippen molar-refractivity contribution in [2.24, 2.45) is 17.8 Å². The van der Waals surface area contributed by atoms with Gasteiger partial charge in [-0.25, -0.2) is 10.9 Å². The molecular formula is C25H32F3N5O3. The molecule has 36 heavy (non-hydrogen) atoms. The highest BCUT2D eigenvalue weighted by atomic mass is 19.4. The minimum atomic E-state index is -4.76. The number of halogens is 3. The number of hydrogen-bond donors (Lipinski definition) is 3. The van der Waals surface area contributed by atoms with Crippen molar-refractivity contribution in [1.29, 1.82) is 0 Å². The SMILES string of the molecule is O=C(/C=C/c1cccc(OC(F)(F)F)c1)N1CC[C@@H]2CN(C(=O)C3CCC4NNNC4C3)C[C@@H]2CC1. The third-order valence-electron chi connectivity index (χ3n) is 7.96. The van der Waals surface area contributed by atoms with E-state index in [0.717, 1.165) is 45.2 Å². The number of nitrogens with zero attached hydrogens (tertiary/aromatic N) is 2. The van der Waals surface area contributed by atoms with Gasteiger partial charge in [0.05, 0.1) is 0 Å². The van der Waals surface area contributed by atoms with Crippen molar-refractivity contribution >= 4 is 17.9 Å². The number of likely N-dealkylation sites (tertiary alicyclic amines) is 2. The summed E-state index contributed by atoms with van der Waals surface area (Å²) in [7, 11) is 0. The molecule has 0 spiro atoms. The van der Waals surface area contributed by atoms with Crippen molar-refractivity contribution in [2.75, 3.05) is 26.2 Å². The highest BCUT2D eigenvalue weighted by molar-refractivity contribution is 5.91. The second-order valence-corrected chi connectivity index (χ2v) is 10.3. The molecule has 5 rings (SSSR count). The van der Waals surface area contributed by atoms with Crippen LogP contribution in [0.25, 0.3) is 6.08 Å². The summed E-state index contributed by atoms with van der Waals surface area (Å²) in [6.45, 7) is 2.72. The lowest BCUT2D eigenvalue weighted by Gasteiger charge is -2.32. The van der Waals surface area contributed by atoms with Gasteiger partial charge in [-0.15, -0.1) is 13.2 Å². The van der Waals surface area contributed by atoms with Gasteiger partial charge in [0.1, 0.15) is 5.75 Å². The number of benzene rings is 1. The van der Waals surface area contributed by atoms with Crippen LogP contribution >= 0.6 is 0 Å². The van der Waals surface area contributed by atoms with Gasteiger partial charge in [0.25, 0.3) is 0 Å². The predicted molar refractivity (Wildman–Crippen MR) is 126 cm³/mol. The second kappa shape index (κ2) is 10.4. The molecule has 3 saturated heterocycles. The van der Waals surface area contributed by atoms with Crippen LogP contribution in [0, 0.1) is 17.8 Å².